The summed E-state index contributed by atoms with van der Waals surface area (Å²) in [5.41, 5.74) is 1.27. The van der Waals surface area contributed by atoms with E-state index in [1.165, 1.54) is 10.4 Å². The largest absolute Gasteiger partial charge is 0.396 e. The van der Waals surface area contributed by atoms with Gasteiger partial charge < -0.3 is 5.11 Å². The highest BCUT2D eigenvalue weighted by Gasteiger charge is 2.16. The molecule has 0 radical (unpaired) electrons. The summed E-state index contributed by atoms with van der Waals surface area (Å²) >= 11 is 1.78. The lowest BCUT2D eigenvalue weighted by molar-refractivity contribution is 0.181. The monoisotopic (exact) mass is 261 g/mol. The summed E-state index contributed by atoms with van der Waals surface area (Å²) in [5.74, 6) is 0. The first-order valence-corrected chi connectivity index (χ1v) is 7.07. The Morgan fingerprint density at radius 1 is 1.17 bits per heavy atom. The number of nitrogens with zero attached hydrogens (tertiary/aromatic N) is 1. The Morgan fingerprint density at radius 2 is 1.94 bits per heavy atom. The van der Waals surface area contributed by atoms with E-state index in [1.807, 2.05) is 6.07 Å². The lowest BCUT2D eigenvalue weighted by atomic mass is 10.0. The van der Waals surface area contributed by atoms with Gasteiger partial charge in [-0.25, -0.2) is 0 Å². The van der Waals surface area contributed by atoms with Gasteiger partial charge in [-0.1, -0.05) is 36.4 Å². The molecule has 0 saturated carbocycles. The minimum absolute atomic E-state index is 0.217. The van der Waals surface area contributed by atoms with Crippen LogP contribution in [-0.2, 0) is 6.54 Å². The zero-order chi connectivity index (χ0) is 12.8. The maximum Gasteiger partial charge on any atom is 0.0449 e. The van der Waals surface area contributed by atoms with Crippen LogP contribution in [0.15, 0.2) is 47.8 Å². The molecule has 1 aromatic carbocycles. The maximum atomic E-state index is 9.25. The number of benzene rings is 1. The van der Waals surface area contributed by atoms with Crippen molar-refractivity contribution in [3.05, 3.63) is 58.3 Å². The molecular formula is C15H19NOS. The van der Waals surface area contributed by atoms with E-state index < -0.39 is 0 Å². The van der Waals surface area contributed by atoms with E-state index in [-0.39, 0.29) is 12.6 Å². The van der Waals surface area contributed by atoms with Crippen LogP contribution in [0.2, 0.25) is 0 Å². The fourth-order valence-corrected chi connectivity index (χ4v) is 2.96. The Hall–Kier alpha value is -1.16. The number of rotatable bonds is 6. The van der Waals surface area contributed by atoms with Crippen molar-refractivity contribution in [3.63, 3.8) is 0 Å². The fraction of sp³-hybridized carbons (Fsp3) is 0.333. The third kappa shape index (κ3) is 3.42. The predicted octanol–water partition coefficient (Wildman–Crippen LogP) is 3.30. The second-order valence-electron chi connectivity index (χ2n) is 4.43. The third-order valence-electron chi connectivity index (χ3n) is 3.10. The van der Waals surface area contributed by atoms with E-state index in [0.29, 0.717) is 0 Å². The number of aliphatic hydroxyl groups is 1. The highest BCUT2D eigenvalue weighted by Crippen LogP contribution is 2.25. The van der Waals surface area contributed by atoms with Crippen molar-refractivity contribution in [3.8, 4) is 0 Å². The molecule has 0 amide bonds. The van der Waals surface area contributed by atoms with Crippen LogP contribution in [0.3, 0.4) is 0 Å². The maximum absolute atomic E-state index is 9.25. The van der Waals surface area contributed by atoms with Gasteiger partial charge in [0.25, 0.3) is 0 Å². The van der Waals surface area contributed by atoms with Crippen LogP contribution < -0.4 is 0 Å². The van der Waals surface area contributed by atoms with Crippen molar-refractivity contribution in [1.29, 1.82) is 0 Å². The lowest BCUT2D eigenvalue weighted by Crippen LogP contribution is -2.24. The summed E-state index contributed by atoms with van der Waals surface area (Å²) < 4.78 is 0. The molecule has 1 unspecified atom stereocenters. The van der Waals surface area contributed by atoms with E-state index in [2.05, 4.69) is 53.7 Å². The molecule has 96 valence electrons. The first kappa shape index (κ1) is 13.3. The van der Waals surface area contributed by atoms with Gasteiger partial charge in [0.05, 0.1) is 0 Å². The minimum Gasteiger partial charge on any atom is -0.396 e. The highest BCUT2D eigenvalue weighted by atomic mass is 32.1. The first-order valence-electron chi connectivity index (χ1n) is 6.19. The van der Waals surface area contributed by atoms with Crippen LogP contribution in [0.5, 0.6) is 0 Å². The molecule has 0 spiro atoms. The van der Waals surface area contributed by atoms with Crippen molar-refractivity contribution in [2.24, 2.45) is 0 Å². The zero-order valence-corrected chi connectivity index (χ0v) is 11.4. The van der Waals surface area contributed by atoms with Gasteiger partial charge >= 0.3 is 0 Å². The van der Waals surface area contributed by atoms with Crippen molar-refractivity contribution >= 4 is 11.3 Å². The Bertz CT molecular complexity index is 441. The average Bonchev–Trinajstić information content (AvgIpc) is 2.89. The molecule has 0 bridgehead atoms. The van der Waals surface area contributed by atoms with Crippen molar-refractivity contribution in [1.82, 2.24) is 4.90 Å². The van der Waals surface area contributed by atoms with Gasteiger partial charge in [-0.05, 0) is 30.5 Å². The van der Waals surface area contributed by atoms with Gasteiger partial charge in [0.1, 0.15) is 0 Å². The average molecular weight is 261 g/mol. The standard InChI is InChI=1S/C15H19NOS/c1-16(12-14-8-5-11-18-14)15(9-10-17)13-6-3-2-4-7-13/h2-8,11,15,17H,9-10,12H2,1H3. The number of hydrogen-bond acceptors (Lipinski definition) is 3. The van der Waals surface area contributed by atoms with E-state index in [9.17, 15) is 5.11 Å². The van der Waals surface area contributed by atoms with Gasteiger partial charge in [0, 0.05) is 24.1 Å². The lowest BCUT2D eigenvalue weighted by Gasteiger charge is -2.27. The summed E-state index contributed by atoms with van der Waals surface area (Å²) in [5, 5.41) is 11.4. The molecule has 18 heavy (non-hydrogen) atoms. The van der Waals surface area contributed by atoms with Crippen LogP contribution in [0, 0.1) is 0 Å². The SMILES string of the molecule is CN(Cc1cccs1)C(CCO)c1ccccc1. The van der Waals surface area contributed by atoms with Crippen molar-refractivity contribution < 1.29 is 5.11 Å². The fourth-order valence-electron chi connectivity index (χ4n) is 2.20. The first-order chi connectivity index (χ1) is 8.81. The molecule has 2 nitrogen and oxygen atoms in total. The van der Waals surface area contributed by atoms with Gasteiger partial charge in [-0.3, -0.25) is 4.90 Å². The number of aliphatic hydroxyl groups excluding tert-OH is 1. The summed E-state index contributed by atoms with van der Waals surface area (Å²) in [6, 6.07) is 14.9. The quantitative estimate of drug-likeness (QED) is 0.862. The zero-order valence-electron chi connectivity index (χ0n) is 10.6. The van der Waals surface area contributed by atoms with Crippen LogP contribution >= 0.6 is 11.3 Å². The van der Waals surface area contributed by atoms with E-state index in [4.69, 9.17) is 0 Å². The Balaban J connectivity index is 2.09. The smallest absolute Gasteiger partial charge is 0.0449 e. The Kier molecular flexibility index (Phi) is 4.93. The molecule has 3 heteroatoms. The molecule has 0 saturated heterocycles. The van der Waals surface area contributed by atoms with Crippen LogP contribution in [0.1, 0.15) is 22.9 Å². The minimum atomic E-state index is 0.217. The van der Waals surface area contributed by atoms with Gasteiger partial charge in [0.2, 0.25) is 0 Å². The van der Waals surface area contributed by atoms with Crippen molar-refractivity contribution in [2.45, 2.75) is 19.0 Å². The predicted molar refractivity (Wildman–Crippen MR) is 76.7 cm³/mol. The molecule has 1 aromatic heterocycles. The Labute approximate surface area is 113 Å². The van der Waals surface area contributed by atoms with Crippen LogP contribution in [-0.4, -0.2) is 23.7 Å². The van der Waals surface area contributed by atoms with Crippen LogP contribution in [0.25, 0.3) is 0 Å². The molecule has 1 atom stereocenters. The molecule has 0 aliphatic heterocycles. The summed E-state index contributed by atoms with van der Waals surface area (Å²) in [6.07, 6.45) is 0.770. The van der Waals surface area contributed by atoms with Gasteiger partial charge in [-0.2, -0.15) is 0 Å². The van der Waals surface area contributed by atoms with Crippen LogP contribution in [0.4, 0.5) is 0 Å². The second-order valence-corrected chi connectivity index (χ2v) is 5.47. The van der Waals surface area contributed by atoms with E-state index in [1.54, 1.807) is 11.3 Å². The number of hydrogen-bond donors (Lipinski definition) is 1. The Morgan fingerprint density at radius 3 is 2.56 bits per heavy atom. The van der Waals surface area contributed by atoms with Gasteiger partial charge in [-0.15, -0.1) is 11.3 Å². The molecule has 1 heterocycles. The topological polar surface area (TPSA) is 23.5 Å². The molecule has 0 aliphatic carbocycles. The van der Waals surface area contributed by atoms with Crippen molar-refractivity contribution in [2.75, 3.05) is 13.7 Å². The molecule has 1 N–H and O–H groups in total. The molecule has 0 aliphatic rings. The second kappa shape index (κ2) is 6.69. The van der Waals surface area contributed by atoms with E-state index >= 15 is 0 Å². The third-order valence-corrected chi connectivity index (χ3v) is 3.97. The molecule has 0 fully saturated rings. The summed E-state index contributed by atoms with van der Waals surface area (Å²) in [6.45, 7) is 1.14. The molecule has 2 aromatic rings. The number of thiophene rings is 1. The molecular weight excluding hydrogens is 242 g/mol. The highest BCUT2D eigenvalue weighted by molar-refractivity contribution is 7.09. The summed E-state index contributed by atoms with van der Waals surface area (Å²) in [7, 11) is 2.12. The normalized spacial score (nSPS) is 12.8. The summed E-state index contributed by atoms with van der Waals surface area (Å²) in [4.78, 5) is 3.66. The van der Waals surface area contributed by atoms with Gasteiger partial charge in [0.15, 0.2) is 0 Å². The van der Waals surface area contributed by atoms with E-state index in [0.717, 1.165) is 13.0 Å². The molecule has 2 rings (SSSR count).